The average Bonchev–Trinajstić information content (AvgIpc) is 2.44. The number of hydrogen-bond acceptors (Lipinski definition) is 4. The van der Waals surface area contributed by atoms with Crippen LogP contribution in [0, 0.1) is 0 Å². The lowest BCUT2D eigenvalue weighted by molar-refractivity contribution is -0.124. The van der Waals surface area contributed by atoms with Gasteiger partial charge in [-0.15, -0.1) is 11.8 Å². The highest BCUT2D eigenvalue weighted by molar-refractivity contribution is 7.98. The van der Waals surface area contributed by atoms with Gasteiger partial charge in [0.1, 0.15) is 0 Å². The molecule has 0 saturated heterocycles. The Labute approximate surface area is 117 Å². The molecule has 0 aliphatic rings. The van der Waals surface area contributed by atoms with Crippen LogP contribution in [0.4, 0.5) is 0 Å². The van der Waals surface area contributed by atoms with Crippen LogP contribution < -0.4 is 5.32 Å². The molecule has 5 heteroatoms. The fraction of sp³-hybridized carbons (Fsp3) is 0.429. The van der Waals surface area contributed by atoms with Crippen LogP contribution in [0.25, 0.3) is 0 Å². The number of amides is 1. The van der Waals surface area contributed by atoms with Crippen LogP contribution in [0.15, 0.2) is 29.2 Å². The van der Waals surface area contributed by atoms with Crippen LogP contribution in [0.3, 0.4) is 0 Å². The van der Waals surface area contributed by atoms with E-state index in [9.17, 15) is 9.59 Å². The Balaban J connectivity index is 2.54. The maximum atomic E-state index is 11.9. The van der Waals surface area contributed by atoms with Gasteiger partial charge in [-0.2, -0.15) is 0 Å². The summed E-state index contributed by atoms with van der Waals surface area (Å²) < 4.78 is 5.01. The van der Waals surface area contributed by atoms with E-state index >= 15 is 0 Å². The molecular weight excluding hydrogens is 262 g/mol. The highest BCUT2D eigenvalue weighted by Crippen LogP contribution is 2.20. The highest BCUT2D eigenvalue weighted by atomic mass is 32.2. The molecule has 0 aliphatic carbocycles. The van der Waals surface area contributed by atoms with Crippen LogP contribution in [-0.2, 0) is 9.53 Å². The van der Waals surface area contributed by atoms with Crippen molar-refractivity contribution in [3.63, 3.8) is 0 Å². The van der Waals surface area contributed by atoms with Gasteiger partial charge in [0.2, 0.25) is 0 Å². The molecule has 1 amide bonds. The van der Waals surface area contributed by atoms with E-state index in [4.69, 9.17) is 4.74 Å². The van der Waals surface area contributed by atoms with Crippen molar-refractivity contribution in [3.05, 3.63) is 29.8 Å². The number of hydrogen-bond donors (Lipinski definition) is 1. The molecule has 0 saturated carbocycles. The first-order valence-electron chi connectivity index (χ1n) is 6.18. The normalized spacial score (nSPS) is 11.7. The smallest absolute Gasteiger partial charge is 0.339 e. The van der Waals surface area contributed by atoms with E-state index in [1.165, 1.54) is 11.8 Å². The topological polar surface area (TPSA) is 55.4 Å². The molecule has 1 aromatic carbocycles. The van der Waals surface area contributed by atoms with Gasteiger partial charge in [-0.1, -0.05) is 19.1 Å². The molecule has 0 spiro atoms. The third kappa shape index (κ3) is 4.95. The monoisotopic (exact) mass is 281 g/mol. The number of ether oxygens (including phenoxy) is 1. The van der Waals surface area contributed by atoms with E-state index in [-0.39, 0.29) is 18.6 Å². The predicted octanol–water partition coefficient (Wildman–Crippen LogP) is 2.48. The summed E-state index contributed by atoms with van der Waals surface area (Å²) in [5.41, 5.74) is 0.492. The highest BCUT2D eigenvalue weighted by Gasteiger charge is 2.14. The van der Waals surface area contributed by atoms with E-state index in [0.29, 0.717) is 5.56 Å². The second kappa shape index (κ2) is 7.84. The minimum absolute atomic E-state index is 0.0877. The number of nitrogens with one attached hydrogen (secondary N) is 1. The molecule has 0 bridgehead atoms. The van der Waals surface area contributed by atoms with Crippen LogP contribution in [0.5, 0.6) is 0 Å². The Bertz CT molecular complexity index is 448. The molecule has 1 atom stereocenters. The summed E-state index contributed by atoms with van der Waals surface area (Å²) in [5.74, 6) is -0.742. The average molecular weight is 281 g/mol. The second-order valence-corrected chi connectivity index (χ2v) is 5.00. The van der Waals surface area contributed by atoms with E-state index in [0.717, 1.165) is 11.3 Å². The molecule has 19 heavy (non-hydrogen) atoms. The zero-order chi connectivity index (χ0) is 14.3. The molecule has 0 radical (unpaired) electrons. The van der Waals surface area contributed by atoms with Crippen molar-refractivity contribution in [2.75, 3.05) is 12.9 Å². The van der Waals surface area contributed by atoms with Gasteiger partial charge in [0, 0.05) is 10.9 Å². The van der Waals surface area contributed by atoms with Crippen molar-refractivity contribution in [1.29, 1.82) is 0 Å². The van der Waals surface area contributed by atoms with E-state index in [2.05, 4.69) is 5.32 Å². The number of rotatable bonds is 6. The summed E-state index contributed by atoms with van der Waals surface area (Å²) in [5, 5.41) is 2.74. The van der Waals surface area contributed by atoms with E-state index in [1.54, 1.807) is 12.1 Å². The van der Waals surface area contributed by atoms with Crippen LogP contribution in [-0.4, -0.2) is 30.8 Å². The number of benzene rings is 1. The van der Waals surface area contributed by atoms with Crippen molar-refractivity contribution >= 4 is 23.6 Å². The molecule has 0 fully saturated rings. The first-order valence-corrected chi connectivity index (χ1v) is 7.40. The van der Waals surface area contributed by atoms with Crippen LogP contribution >= 0.6 is 11.8 Å². The molecule has 0 heterocycles. The summed E-state index contributed by atoms with van der Waals surface area (Å²) >= 11 is 1.47. The number of carbonyl (C=O) groups is 2. The minimum atomic E-state index is -0.468. The summed E-state index contributed by atoms with van der Waals surface area (Å²) in [6.45, 7) is 3.64. The predicted molar refractivity (Wildman–Crippen MR) is 76.4 cm³/mol. The van der Waals surface area contributed by atoms with Crippen molar-refractivity contribution in [2.45, 2.75) is 31.2 Å². The summed E-state index contributed by atoms with van der Waals surface area (Å²) in [4.78, 5) is 24.2. The van der Waals surface area contributed by atoms with Gasteiger partial charge in [-0.25, -0.2) is 4.79 Å². The minimum Gasteiger partial charge on any atom is -0.452 e. The summed E-state index contributed by atoms with van der Waals surface area (Å²) in [6, 6.07) is 7.26. The molecule has 104 valence electrons. The molecular formula is C14H19NO3S. The lowest BCUT2D eigenvalue weighted by atomic mass is 10.2. The van der Waals surface area contributed by atoms with Crippen LogP contribution in [0.1, 0.15) is 30.6 Å². The Morgan fingerprint density at radius 2 is 2.05 bits per heavy atom. The summed E-state index contributed by atoms with van der Waals surface area (Å²) in [6.07, 6.45) is 2.73. The van der Waals surface area contributed by atoms with Gasteiger partial charge in [-0.3, -0.25) is 4.79 Å². The van der Waals surface area contributed by atoms with Gasteiger partial charge < -0.3 is 10.1 Å². The van der Waals surface area contributed by atoms with Gasteiger partial charge in [-0.05, 0) is 31.7 Å². The Hall–Kier alpha value is -1.49. The molecule has 4 nitrogen and oxygen atoms in total. The van der Waals surface area contributed by atoms with Gasteiger partial charge in [0.05, 0.1) is 5.56 Å². The lowest BCUT2D eigenvalue weighted by Crippen LogP contribution is -2.35. The largest absolute Gasteiger partial charge is 0.452 e. The summed E-state index contributed by atoms with van der Waals surface area (Å²) in [7, 11) is 0. The van der Waals surface area contributed by atoms with Gasteiger partial charge in [0.15, 0.2) is 6.61 Å². The first-order chi connectivity index (χ1) is 9.08. The second-order valence-electron chi connectivity index (χ2n) is 4.15. The molecule has 1 N–H and O–H groups in total. The number of thioether (sulfide) groups is 1. The fourth-order valence-corrected chi connectivity index (χ4v) is 2.03. The molecule has 1 rings (SSSR count). The van der Waals surface area contributed by atoms with E-state index < -0.39 is 5.97 Å². The third-order valence-corrected chi connectivity index (χ3v) is 3.48. The van der Waals surface area contributed by atoms with Gasteiger partial charge in [0.25, 0.3) is 5.91 Å². The molecule has 0 unspecified atom stereocenters. The number of carbonyl (C=O) groups excluding carboxylic acids is 2. The SMILES string of the molecule is CC[C@H](C)NC(=O)COC(=O)c1ccccc1SC. The van der Waals surface area contributed by atoms with E-state index in [1.807, 2.05) is 32.2 Å². The third-order valence-electron chi connectivity index (χ3n) is 2.68. The Kier molecular flexibility index (Phi) is 6.42. The zero-order valence-electron chi connectivity index (χ0n) is 11.4. The quantitative estimate of drug-likeness (QED) is 0.643. The van der Waals surface area contributed by atoms with Crippen molar-refractivity contribution < 1.29 is 14.3 Å². The number of esters is 1. The standard InChI is InChI=1S/C14H19NO3S/c1-4-10(2)15-13(16)9-18-14(17)11-7-5-6-8-12(11)19-3/h5-8,10H,4,9H2,1-3H3,(H,15,16)/t10-/m0/s1. The molecule has 1 aromatic rings. The maximum absolute atomic E-state index is 11.9. The first kappa shape index (κ1) is 15.6. The van der Waals surface area contributed by atoms with Crippen molar-refractivity contribution in [3.8, 4) is 0 Å². The Morgan fingerprint density at radius 1 is 1.37 bits per heavy atom. The maximum Gasteiger partial charge on any atom is 0.339 e. The molecule has 0 aliphatic heterocycles. The zero-order valence-corrected chi connectivity index (χ0v) is 12.3. The van der Waals surface area contributed by atoms with Crippen molar-refractivity contribution in [2.24, 2.45) is 0 Å². The van der Waals surface area contributed by atoms with Gasteiger partial charge >= 0.3 is 5.97 Å². The lowest BCUT2D eigenvalue weighted by Gasteiger charge is -2.12. The Morgan fingerprint density at radius 3 is 2.68 bits per heavy atom. The van der Waals surface area contributed by atoms with Crippen LogP contribution in [0.2, 0.25) is 0 Å². The fourth-order valence-electron chi connectivity index (χ4n) is 1.44. The molecule has 0 aromatic heterocycles. The van der Waals surface area contributed by atoms with Crippen molar-refractivity contribution in [1.82, 2.24) is 5.32 Å².